The van der Waals surface area contributed by atoms with Crippen molar-refractivity contribution in [3.05, 3.63) is 69.9 Å². The first kappa shape index (κ1) is 23.5. The zero-order valence-electron chi connectivity index (χ0n) is 18.5. The van der Waals surface area contributed by atoms with Gasteiger partial charge in [-0.3, -0.25) is 0 Å². The minimum Gasteiger partial charge on any atom is -0.490 e. The van der Waals surface area contributed by atoms with Crippen molar-refractivity contribution in [1.82, 2.24) is 10.6 Å². The van der Waals surface area contributed by atoms with Gasteiger partial charge in [0.2, 0.25) is 0 Å². The number of carbonyl (C=O) groups excluding carboxylic acids is 2. The van der Waals surface area contributed by atoms with Gasteiger partial charge >= 0.3 is 12.0 Å². The molecule has 1 aliphatic heterocycles. The number of nitrogens with one attached hydrogen (secondary N) is 2. The number of methoxy groups -OCH3 is 1. The fourth-order valence-corrected chi connectivity index (χ4v) is 3.68. The van der Waals surface area contributed by atoms with Gasteiger partial charge in [0.1, 0.15) is 6.61 Å². The molecule has 0 aliphatic carbocycles. The van der Waals surface area contributed by atoms with E-state index in [1.54, 1.807) is 24.3 Å². The number of hydrogen-bond donors (Lipinski definition) is 2. The molecule has 0 bridgehead atoms. The van der Waals surface area contributed by atoms with Gasteiger partial charge in [-0.15, -0.1) is 0 Å². The highest BCUT2D eigenvalue weighted by Crippen LogP contribution is 2.36. The topological polar surface area (TPSA) is 85.9 Å². The molecule has 0 radical (unpaired) electrons. The summed E-state index contributed by atoms with van der Waals surface area (Å²) in [5.41, 5.74) is 2.41. The third-order valence-corrected chi connectivity index (χ3v) is 5.40. The molecule has 2 amide bonds. The Morgan fingerprint density at radius 1 is 1.12 bits per heavy atom. The molecule has 7 nitrogen and oxygen atoms in total. The molecule has 2 N–H and O–H groups in total. The van der Waals surface area contributed by atoms with Crippen LogP contribution in [0.1, 0.15) is 37.9 Å². The quantitative estimate of drug-likeness (QED) is 0.557. The summed E-state index contributed by atoms with van der Waals surface area (Å²) in [6.45, 7) is 6.36. The Bertz CT molecular complexity index is 1030. The number of hydrogen-bond acceptors (Lipinski definition) is 5. The Labute approximate surface area is 192 Å². The van der Waals surface area contributed by atoms with Gasteiger partial charge in [0.05, 0.1) is 25.3 Å². The van der Waals surface area contributed by atoms with E-state index >= 15 is 0 Å². The Balaban J connectivity index is 1.97. The Morgan fingerprint density at radius 3 is 2.53 bits per heavy atom. The van der Waals surface area contributed by atoms with Gasteiger partial charge in [0, 0.05) is 16.3 Å². The third-order valence-electron chi connectivity index (χ3n) is 5.03. The standard InChI is InChI=1S/C24H27ClN2O5/c1-5-31-19-12-15(10-11-18(19)32-13-16-8-6-7-9-17(16)25)22-20(23(28)30-4)21(14(2)3)26-24(29)27-22/h6-12,14,22H,5,13H2,1-4H3,(H2,26,27,29). The minimum absolute atomic E-state index is 0.0813. The van der Waals surface area contributed by atoms with Crippen LogP contribution in [-0.4, -0.2) is 25.7 Å². The van der Waals surface area contributed by atoms with Gasteiger partial charge in [0.25, 0.3) is 0 Å². The van der Waals surface area contributed by atoms with Crippen molar-refractivity contribution in [1.29, 1.82) is 0 Å². The predicted molar refractivity (Wildman–Crippen MR) is 122 cm³/mol. The summed E-state index contributed by atoms with van der Waals surface area (Å²) < 4.78 is 16.8. The summed E-state index contributed by atoms with van der Waals surface area (Å²) in [5, 5.41) is 6.17. The predicted octanol–water partition coefficient (Wildman–Crippen LogP) is 4.75. The molecular formula is C24H27ClN2O5. The van der Waals surface area contributed by atoms with Gasteiger partial charge in [-0.1, -0.05) is 49.7 Å². The summed E-state index contributed by atoms with van der Waals surface area (Å²) >= 11 is 6.22. The molecule has 32 heavy (non-hydrogen) atoms. The lowest BCUT2D eigenvalue weighted by Crippen LogP contribution is -2.47. The summed E-state index contributed by atoms with van der Waals surface area (Å²) in [6.07, 6.45) is 0. The van der Waals surface area contributed by atoms with Crippen LogP contribution in [0, 0.1) is 5.92 Å². The van der Waals surface area contributed by atoms with Crippen molar-refractivity contribution < 1.29 is 23.8 Å². The molecule has 1 heterocycles. The van der Waals surface area contributed by atoms with Crippen LogP contribution < -0.4 is 20.1 Å². The molecule has 2 aromatic rings. The number of amides is 2. The number of carbonyl (C=O) groups is 2. The minimum atomic E-state index is -0.689. The van der Waals surface area contributed by atoms with Gasteiger partial charge in [0.15, 0.2) is 11.5 Å². The fourth-order valence-electron chi connectivity index (χ4n) is 3.49. The normalized spacial score (nSPS) is 15.8. The van der Waals surface area contributed by atoms with E-state index in [9.17, 15) is 9.59 Å². The SMILES string of the molecule is CCOc1cc(C2NC(=O)NC(C(C)C)=C2C(=O)OC)ccc1OCc1ccccc1Cl. The molecule has 3 rings (SSSR count). The number of allylic oxidation sites excluding steroid dienone is 1. The summed E-state index contributed by atoms with van der Waals surface area (Å²) in [4.78, 5) is 24.9. The number of benzene rings is 2. The van der Waals surface area contributed by atoms with Crippen LogP contribution in [0.5, 0.6) is 11.5 Å². The lowest BCUT2D eigenvalue weighted by molar-refractivity contribution is -0.136. The number of ether oxygens (including phenoxy) is 3. The molecule has 1 atom stereocenters. The van der Waals surface area contributed by atoms with Crippen molar-refractivity contribution in [2.75, 3.05) is 13.7 Å². The molecule has 170 valence electrons. The highest BCUT2D eigenvalue weighted by molar-refractivity contribution is 6.31. The molecule has 1 aliphatic rings. The van der Waals surface area contributed by atoms with Crippen LogP contribution in [0.4, 0.5) is 4.79 Å². The first-order valence-electron chi connectivity index (χ1n) is 10.4. The molecule has 0 aromatic heterocycles. The second-order valence-electron chi connectivity index (χ2n) is 7.52. The van der Waals surface area contributed by atoms with Crippen LogP contribution in [-0.2, 0) is 16.1 Å². The van der Waals surface area contributed by atoms with Gasteiger partial charge in [-0.25, -0.2) is 9.59 Å². The lowest BCUT2D eigenvalue weighted by atomic mass is 9.91. The maximum atomic E-state index is 12.6. The summed E-state index contributed by atoms with van der Waals surface area (Å²) in [6, 6.07) is 11.7. The van der Waals surface area contributed by atoms with E-state index in [0.717, 1.165) is 5.56 Å². The summed E-state index contributed by atoms with van der Waals surface area (Å²) in [7, 11) is 1.32. The molecule has 0 fully saturated rings. The Morgan fingerprint density at radius 2 is 1.88 bits per heavy atom. The highest BCUT2D eigenvalue weighted by atomic mass is 35.5. The molecular weight excluding hydrogens is 432 g/mol. The van der Waals surface area contributed by atoms with E-state index in [1.165, 1.54) is 7.11 Å². The molecule has 0 saturated carbocycles. The van der Waals surface area contributed by atoms with Crippen LogP contribution in [0.15, 0.2) is 53.7 Å². The monoisotopic (exact) mass is 458 g/mol. The second kappa shape index (κ2) is 10.4. The molecule has 0 spiro atoms. The van der Waals surface area contributed by atoms with E-state index in [0.29, 0.717) is 40.0 Å². The average Bonchev–Trinajstić information content (AvgIpc) is 2.78. The van der Waals surface area contributed by atoms with Crippen LogP contribution in [0.25, 0.3) is 0 Å². The largest absolute Gasteiger partial charge is 0.490 e. The third kappa shape index (κ3) is 5.16. The highest BCUT2D eigenvalue weighted by Gasteiger charge is 2.34. The maximum Gasteiger partial charge on any atom is 0.337 e. The number of esters is 1. The van der Waals surface area contributed by atoms with Crippen molar-refractivity contribution in [2.24, 2.45) is 5.92 Å². The number of urea groups is 1. The van der Waals surface area contributed by atoms with Crippen molar-refractivity contribution in [3.63, 3.8) is 0 Å². The van der Waals surface area contributed by atoms with E-state index in [-0.39, 0.29) is 18.6 Å². The first-order valence-corrected chi connectivity index (χ1v) is 10.8. The van der Waals surface area contributed by atoms with Gasteiger partial charge in [-0.05, 0) is 36.6 Å². The molecule has 1 unspecified atom stereocenters. The smallest absolute Gasteiger partial charge is 0.337 e. The van der Waals surface area contributed by atoms with E-state index in [4.69, 9.17) is 25.8 Å². The van der Waals surface area contributed by atoms with E-state index in [2.05, 4.69) is 10.6 Å². The van der Waals surface area contributed by atoms with Crippen molar-refractivity contribution in [2.45, 2.75) is 33.4 Å². The van der Waals surface area contributed by atoms with Gasteiger partial charge < -0.3 is 24.8 Å². The Hall–Kier alpha value is -3.19. The van der Waals surface area contributed by atoms with Crippen molar-refractivity contribution in [3.8, 4) is 11.5 Å². The molecule has 8 heteroatoms. The van der Waals surface area contributed by atoms with Crippen LogP contribution >= 0.6 is 11.6 Å². The van der Waals surface area contributed by atoms with Crippen LogP contribution in [0.2, 0.25) is 5.02 Å². The zero-order chi connectivity index (χ0) is 23.3. The number of rotatable bonds is 8. The van der Waals surface area contributed by atoms with E-state index < -0.39 is 12.0 Å². The second-order valence-corrected chi connectivity index (χ2v) is 7.93. The average molecular weight is 459 g/mol. The fraction of sp³-hybridized carbons (Fsp3) is 0.333. The first-order chi connectivity index (χ1) is 15.3. The van der Waals surface area contributed by atoms with E-state index in [1.807, 2.05) is 39.0 Å². The summed E-state index contributed by atoms with van der Waals surface area (Å²) in [5.74, 6) is 0.439. The maximum absolute atomic E-state index is 12.6. The molecule has 0 saturated heterocycles. The zero-order valence-corrected chi connectivity index (χ0v) is 19.3. The Kier molecular flexibility index (Phi) is 7.64. The lowest BCUT2D eigenvalue weighted by Gasteiger charge is -2.31. The molecule has 2 aromatic carbocycles. The van der Waals surface area contributed by atoms with Gasteiger partial charge in [-0.2, -0.15) is 0 Å². The number of halogens is 1. The van der Waals surface area contributed by atoms with Crippen molar-refractivity contribution >= 4 is 23.6 Å². The van der Waals surface area contributed by atoms with Crippen LogP contribution in [0.3, 0.4) is 0 Å².